The Kier molecular flexibility index (Phi) is 6.77. The molecular formula is C29H34F2N2O3. The summed E-state index contributed by atoms with van der Waals surface area (Å²) >= 11 is 0. The predicted octanol–water partition coefficient (Wildman–Crippen LogP) is 6.53. The number of hydrogen-bond donors (Lipinski definition) is 0. The number of halogens is 2. The third-order valence-electron chi connectivity index (χ3n) is 7.52. The van der Waals surface area contributed by atoms with Crippen molar-refractivity contribution in [1.29, 1.82) is 0 Å². The molecule has 192 valence electrons. The second-order valence-corrected chi connectivity index (χ2v) is 10.4. The van der Waals surface area contributed by atoms with E-state index in [0.29, 0.717) is 17.2 Å². The number of piperidine rings is 2. The van der Waals surface area contributed by atoms with Gasteiger partial charge in [0.2, 0.25) is 5.76 Å². The lowest BCUT2D eigenvalue weighted by molar-refractivity contribution is -0.0498. The molecule has 0 spiro atoms. The lowest BCUT2D eigenvalue weighted by Crippen LogP contribution is -2.42. The molecule has 3 heterocycles. The van der Waals surface area contributed by atoms with Crippen LogP contribution in [0.5, 0.6) is 5.75 Å². The van der Waals surface area contributed by atoms with E-state index in [4.69, 9.17) is 9.15 Å². The van der Waals surface area contributed by atoms with Gasteiger partial charge in [-0.3, -0.25) is 4.79 Å². The number of ether oxygens (including phenoxy) is 1. The number of fused-ring (bicyclic) bond motifs is 1. The van der Waals surface area contributed by atoms with Crippen molar-refractivity contribution < 1.29 is 22.7 Å². The standard InChI is InChI=1S/C29H34F2N2O3/c1-19(2)32-13-9-22(10-14-32)35-24-18-25-23(17-20(24)3)26(21-7-5-4-6-8-21)27(36-25)28(34)33-15-11-29(30,31)12-16-33/h4-8,17-19,22H,9-16H2,1-3H3. The van der Waals surface area contributed by atoms with E-state index in [0.717, 1.165) is 48.2 Å². The minimum atomic E-state index is -2.72. The molecular weight excluding hydrogens is 462 g/mol. The predicted molar refractivity (Wildman–Crippen MR) is 137 cm³/mol. The fraction of sp³-hybridized carbons (Fsp3) is 0.483. The molecule has 5 rings (SSSR count). The summed E-state index contributed by atoms with van der Waals surface area (Å²) < 4.78 is 40.0. The highest BCUT2D eigenvalue weighted by molar-refractivity contribution is 6.08. The van der Waals surface area contributed by atoms with E-state index in [1.54, 1.807) is 0 Å². The maximum absolute atomic E-state index is 13.7. The molecule has 2 aliphatic heterocycles. The number of likely N-dealkylation sites (tertiary alicyclic amines) is 2. The normalized spacial score (nSPS) is 19.2. The van der Waals surface area contributed by atoms with Gasteiger partial charge in [0.05, 0.1) is 0 Å². The van der Waals surface area contributed by atoms with Crippen molar-refractivity contribution in [1.82, 2.24) is 9.80 Å². The first-order valence-corrected chi connectivity index (χ1v) is 12.9. The topological polar surface area (TPSA) is 45.9 Å². The summed E-state index contributed by atoms with van der Waals surface area (Å²) in [5, 5.41) is 0.825. The van der Waals surface area contributed by atoms with Gasteiger partial charge in [0, 0.05) is 62.1 Å². The molecule has 0 unspecified atom stereocenters. The van der Waals surface area contributed by atoms with Crippen molar-refractivity contribution in [3.63, 3.8) is 0 Å². The summed E-state index contributed by atoms with van der Waals surface area (Å²) in [7, 11) is 0. The van der Waals surface area contributed by atoms with Gasteiger partial charge in [0.15, 0.2) is 0 Å². The number of alkyl halides is 2. The highest BCUT2D eigenvalue weighted by Gasteiger charge is 2.37. The van der Waals surface area contributed by atoms with Crippen LogP contribution in [0.25, 0.3) is 22.1 Å². The number of nitrogens with zero attached hydrogens (tertiary/aromatic N) is 2. The van der Waals surface area contributed by atoms with Gasteiger partial charge >= 0.3 is 0 Å². The van der Waals surface area contributed by atoms with Crippen LogP contribution in [0, 0.1) is 6.92 Å². The molecule has 0 atom stereocenters. The summed E-state index contributed by atoms with van der Waals surface area (Å²) in [4.78, 5) is 17.4. The van der Waals surface area contributed by atoms with Crippen molar-refractivity contribution in [3.05, 3.63) is 53.8 Å². The van der Waals surface area contributed by atoms with Crippen LogP contribution in [0.1, 0.15) is 55.6 Å². The molecule has 2 fully saturated rings. The molecule has 0 N–H and O–H groups in total. The molecule has 3 aromatic rings. The summed E-state index contributed by atoms with van der Waals surface area (Å²) in [6.07, 6.45) is 1.41. The molecule has 36 heavy (non-hydrogen) atoms. The van der Waals surface area contributed by atoms with Crippen LogP contribution in [0.2, 0.25) is 0 Å². The third-order valence-corrected chi connectivity index (χ3v) is 7.52. The van der Waals surface area contributed by atoms with Crippen LogP contribution in [0.15, 0.2) is 46.9 Å². The van der Waals surface area contributed by atoms with Crippen LogP contribution in [-0.2, 0) is 0 Å². The number of amides is 1. The average molecular weight is 497 g/mol. The van der Waals surface area contributed by atoms with Crippen LogP contribution >= 0.6 is 0 Å². The molecule has 0 radical (unpaired) electrons. The molecule has 1 amide bonds. The Hall–Kier alpha value is -2.93. The summed E-state index contributed by atoms with van der Waals surface area (Å²) in [6, 6.07) is 14.1. The first kappa shape index (κ1) is 24.8. The Morgan fingerprint density at radius 1 is 1.06 bits per heavy atom. The molecule has 0 aliphatic carbocycles. The van der Waals surface area contributed by atoms with E-state index in [1.165, 1.54) is 4.90 Å². The smallest absolute Gasteiger partial charge is 0.290 e. The third kappa shape index (κ3) is 4.99. The number of carbonyl (C=O) groups excluding carboxylic acids is 1. The fourth-order valence-corrected chi connectivity index (χ4v) is 5.27. The van der Waals surface area contributed by atoms with Gasteiger partial charge in [0.25, 0.3) is 11.8 Å². The maximum Gasteiger partial charge on any atom is 0.290 e. The van der Waals surface area contributed by atoms with E-state index in [1.807, 2.05) is 49.4 Å². The summed E-state index contributed by atoms with van der Waals surface area (Å²) in [6.45, 7) is 8.49. The Morgan fingerprint density at radius 2 is 1.72 bits per heavy atom. The molecule has 2 aliphatic rings. The largest absolute Gasteiger partial charge is 0.490 e. The van der Waals surface area contributed by atoms with Gasteiger partial charge in [-0.05, 0) is 50.8 Å². The van der Waals surface area contributed by atoms with Crippen LogP contribution in [-0.4, -0.2) is 60.0 Å². The zero-order chi connectivity index (χ0) is 25.4. The van der Waals surface area contributed by atoms with E-state index in [9.17, 15) is 13.6 Å². The number of aryl methyl sites for hydroxylation is 1. The van der Waals surface area contributed by atoms with E-state index in [-0.39, 0.29) is 43.7 Å². The first-order valence-electron chi connectivity index (χ1n) is 12.9. The van der Waals surface area contributed by atoms with Crippen molar-refractivity contribution in [2.45, 2.75) is 64.5 Å². The second kappa shape index (κ2) is 9.85. The van der Waals surface area contributed by atoms with Crippen molar-refractivity contribution in [2.75, 3.05) is 26.2 Å². The molecule has 2 aromatic carbocycles. The lowest BCUT2D eigenvalue weighted by atomic mass is 9.99. The Bertz CT molecular complexity index is 1220. The summed E-state index contributed by atoms with van der Waals surface area (Å²) in [5.74, 6) is -2.11. The second-order valence-electron chi connectivity index (χ2n) is 10.4. The van der Waals surface area contributed by atoms with Gasteiger partial charge in [-0.25, -0.2) is 8.78 Å². The number of rotatable bonds is 5. The maximum atomic E-state index is 13.7. The molecule has 1 aromatic heterocycles. The quantitative estimate of drug-likeness (QED) is 0.403. The Labute approximate surface area is 211 Å². The highest BCUT2D eigenvalue weighted by Crippen LogP contribution is 2.40. The molecule has 2 saturated heterocycles. The van der Waals surface area contributed by atoms with E-state index < -0.39 is 5.92 Å². The zero-order valence-corrected chi connectivity index (χ0v) is 21.2. The van der Waals surface area contributed by atoms with Gasteiger partial charge in [-0.2, -0.15) is 0 Å². The molecule has 0 saturated carbocycles. The van der Waals surface area contributed by atoms with Gasteiger partial charge in [-0.15, -0.1) is 0 Å². The van der Waals surface area contributed by atoms with Crippen molar-refractivity contribution in [2.24, 2.45) is 0 Å². The number of hydrogen-bond acceptors (Lipinski definition) is 4. The molecule has 0 bridgehead atoms. The average Bonchev–Trinajstić information content (AvgIpc) is 3.22. The number of furan rings is 1. The van der Waals surface area contributed by atoms with Crippen LogP contribution in [0.4, 0.5) is 8.78 Å². The lowest BCUT2D eigenvalue weighted by Gasteiger charge is -2.34. The Balaban J connectivity index is 1.47. The van der Waals surface area contributed by atoms with E-state index in [2.05, 4.69) is 18.7 Å². The Morgan fingerprint density at radius 3 is 2.36 bits per heavy atom. The van der Waals surface area contributed by atoms with Crippen LogP contribution in [0.3, 0.4) is 0 Å². The first-order chi connectivity index (χ1) is 17.2. The number of carbonyl (C=O) groups is 1. The van der Waals surface area contributed by atoms with Crippen molar-refractivity contribution >= 4 is 16.9 Å². The van der Waals surface area contributed by atoms with Gasteiger partial charge in [-0.1, -0.05) is 30.3 Å². The highest BCUT2D eigenvalue weighted by atomic mass is 19.3. The van der Waals surface area contributed by atoms with Gasteiger partial charge < -0.3 is 19.0 Å². The molecule has 5 nitrogen and oxygen atoms in total. The van der Waals surface area contributed by atoms with E-state index >= 15 is 0 Å². The summed E-state index contributed by atoms with van der Waals surface area (Å²) in [5.41, 5.74) is 3.10. The number of benzene rings is 2. The monoisotopic (exact) mass is 496 g/mol. The SMILES string of the molecule is Cc1cc2c(-c3ccccc3)c(C(=O)N3CCC(F)(F)CC3)oc2cc1OC1CCN(C(C)C)CC1. The zero-order valence-electron chi connectivity index (χ0n) is 21.2. The minimum Gasteiger partial charge on any atom is -0.490 e. The van der Waals surface area contributed by atoms with Crippen LogP contribution < -0.4 is 4.74 Å². The fourth-order valence-electron chi connectivity index (χ4n) is 5.27. The van der Waals surface area contributed by atoms with Crippen molar-refractivity contribution in [3.8, 4) is 16.9 Å². The molecule has 7 heteroatoms. The van der Waals surface area contributed by atoms with Gasteiger partial charge in [0.1, 0.15) is 17.4 Å². The minimum absolute atomic E-state index is 0.0135.